The summed E-state index contributed by atoms with van der Waals surface area (Å²) in [7, 11) is 0. The first-order chi connectivity index (χ1) is 11.7. The van der Waals surface area contributed by atoms with Gasteiger partial charge in [0, 0.05) is 43.6 Å². The highest BCUT2D eigenvalue weighted by atomic mass is 16.5. The molecule has 3 heterocycles. The van der Waals surface area contributed by atoms with E-state index >= 15 is 0 Å². The topological polar surface area (TPSA) is 68.5 Å². The standard InChI is InChI=1S/C18H21N3O3/c1-12-2-5-15(11-19-12)23-14-6-8-21(9-7-14)18(22)16-10-17(24-20-16)13-3-4-13/h2,5,10-11,13-14H,3-4,6-9H2,1H3. The van der Waals surface area contributed by atoms with E-state index in [1.807, 2.05) is 24.0 Å². The summed E-state index contributed by atoms with van der Waals surface area (Å²) in [6.45, 7) is 3.30. The minimum atomic E-state index is -0.0406. The van der Waals surface area contributed by atoms with Gasteiger partial charge in [-0.2, -0.15) is 0 Å². The van der Waals surface area contributed by atoms with Crippen LogP contribution >= 0.6 is 0 Å². The largest absolute Gasteiger partial charge is 0.489 e. The van der Waals surface area contributed by atoms with Crippen molar-refractivity contribution >= 4 is 5.91 Å². The van der Waals surface area contributed by atoms with Crippen LogP contribution in [-0.2, 0) is 0 Å². The first-order valence-corrected chi connectivity index (χ1v) is 8.54. The van der Waals surface area contributed by atoms with Crippen LogP contribution < -0.4 is 4.74 Å². The number of carbonyl (C=O) groups excluding carboxylic acids is 1. The smallest absolute Gasteiger partial charge is 0.276 e. The highest BCUT2D eigenvalue weighted by Crippen LogP contribution is 2.40. The van der Waals surface area contributed by atoms with Gasteiger partial charge in [0.25, 0.3) is 5.91 Å². The Kier molecular flexibility index (Phi) is 3.96. The molecule has 2 aliphatic rings. The van der Waals surface area contributed by atoms with Crippen LogP contribution in [0.4, 0.5) is 0 Å². The van der Waals surface area contributed by atoms with Crippen molar-refractivity contribution in [3.8, 4) is 5.75 Å². The van der Waals surface area contributed by atoms with Crippen LogP contribution in [0, 0.1) is 6.92 Å². The van der Waals surface area contributed by atoms with E-state index < -0.39 is 0 Å². The van der Waals surface area contributed by atoms with Gasteiger partial charge in [0.15, 0.2) is 5.69 Å². The van der Waals surface area contributed by atoms with Crippen LogP contribution in [-0.4, -0.2) is 40.1 Å². The molecule has 0 bridgehead atoms. The average molecular weight is 327 g/mol. The van der Waals surface area contributed by atoms with Crippen molar-refractivity contribution < 1.29 is 14.1 Å². The third kappa shape index (κ3) is 3.27. The van der Waals surface area contributed by atoms with Crippen LogP contribution in [0.1, 0.15) is 53.5 Å². The maximum Gasteiger partial charge on any atom is 0.276 e. The van der Waals surface area contributed by atoms with Crippen LogP contribution in [0.25, 0.3) is 0 Å². The van der Waals surface area contributed by atoms with Crippen molar-refractivity contribution in [3.63, 3.8) is 0 Å². The second-order valence-corrected chi connectivity index (χ2v) is 6.63. The molecule has 1 saturated heterocycles. The summed E-state index contributed by atoms with van der Waals surface area (Å²) in [5.41, 5.74) is 1.40. The van der Waals surface area contributed by atoms with E-state index in [0.29, 0.717) is 24.7 Å². The van der Waals surface area contributed by atoms with Gasteiger partial charge in [-0.15, -0.1) is 0 Å². The molecule has 1 amide bonds. The van der Waals surface area contributed by atoms with E-state index in [4.69, 9.17) is 9.26 Å². The first-order valence-electron chi connectivity index (χ1n) is 8.54. The molecule has 0 spiro atoms. The fraction of sp³-hybridized carbons (Fsp3) is 0.500. The monoisotopic (exact) mass is 327 g/mol. The van der Waals surface area contributed by atoms with Crippen molar-refractivity contribution in [1.29, 1.82) is 0 Å². The van der Waals surface area contributed by atoms with Crippen molar-refractivity contribution in [3.05, 3.63) is 41.5 Å². The Morgan fingerprint density at radius 2 is 2.04 bits per heavy atom. The van der Waals surface area contributed by atoms with Crippen LogP contribution in [0.3, 0.4) is 0 Å². The molecule has 1 aliphatic heterocycles. The van der Waals surface area contributed by atoms with Gasteiger partial charge in [-0.1, -0.05) is 5.16 Å². The highest BCUT2D eigenvalue weighted by Gasteiger charge is 2.31. The molecule has 1 aliphatic carbocycles. The van der Waals surface area contributed by atoms with Crippen molar-refractivity contribution in [2.45, 2.75) is 44.6 Å². The molecule has 6 nitrogen and oxygen atoms in total. The Bertz CT molecular complexity index is 713. The molecule has 2 aromatic heterocycles. The molecule has 0 unspecified atom stereocenters. The minimum Gasteiger partial charge on any atom is -0.489 e. The zero-order chi connectivity index (χ0) is 16.5. The van der Waals surface area contributed by atoms with Crippen LogP contribution in [0.5, 0.6) is 5.75 Å². The zero-order valence-electron chi connectivity index (χ0n) is 13.8. The van der Waals surface area contributed by atoms with E-state index in [2.05, 4.69) is 10.1 Å². The lowest BCUT2D eigenvalue weighted by atomic mass is 10.1. The fourth-order valence-electron chi connectivity index (χ4n) is 3.01. The SMILES string of the molecule is Cc1ccc(OC2CCN(C(=O)c3cc(C4CC4)on3)CC2)cn1. The number of likely N-dealkylation sites (tertiary alicyclic amines) is 1. The summed E-state index contributed by atoms with van der Waals surface area (Å²) in [6, 6.07) is 5.69. The van der Waals surface area contributed by atoms with Gasteiger partial charge in [0.1, 0.15) is 17.6 Å². The molecule has 24 heavy (non-hydrogen) atoms. The van der Waals surface area contributed by atoms with Gasteiger partial charge in [-0.3, -0.25) is 9.78 Å². The molecule has 0 atom stereocenters. The number of hydrogen-bond acceptors (Lipinski definition) is 5. The molecule has 2 fully saturated rings. The first kappa shape index (κ1) is 15.2. The number of aryl methyl sites for hydroxylation is 1. The highest BCUT2D eigenvalue weighted by molar-refractivity contribution is 5.92. The fourth-order valence-corrected chi connectivity index (χ4v) is 3.01. The predicted octanol–water partition coefficient (Wildman–Crippen LogP) is 2.94. The molecule has 2 aromatic rings. The number of nitrogens with zero attached hydrogens (tertiary/aromatic N) is 3. The van der Waals surface area contributed by atoms with E-state index in [0.717, 1.165) is 42.9 Å². The summed E-state index contributed by atoms with van der Waals surface area (Å²) < 4.78 is 11.2. The van der Waals surface area contributed by atoms with Crippen molar-refractivity contribution in [1.82, 2.24) is 15.0 Å². The second kappa shape index (κ2) is 6.26. The lowest BCUT2D eigenvalue weighted by molar-refractivity contribution is 0.0585. The molecule has 0 aromatic carbocycles. The Morgan fingerprint density at radius 3 is 2.71 bits per heavy atom. The Morgan fingerprint density at radius 1 is 1.25 bits per heavy atom. The summed E-state index contributed by atoms with van der Waals surface area (Å²) in [6.07, 6.45) is 5.78. The van der Waals surface area contributed by atoms with Crippen LogP contribution in [0.15, 0.2) is 28.9 Å². The van der Waals surface area contributed by atoms with Gasteiger partial charge < -0.3 is 14.2 Å². The third-order valence-electron chi connectivity index (χ3n) is 4.64. The molecule has 4 rings (SSSR count). The normalized spacial score (nSPS) is 18.6. The summed E-state index contributed by atoms with van der Waals surface area (Å²) in [5.74, 6) is 2.07. The molecule has 126 valence electrons. The molecule has 1 saturated carbocycles. The molecule has 6 heteroatoms. The Hall–Kier alpha value is -2.37. The van der Waals surface area contributed by atoms with E-state index in [9.17, 15) is 4.79 Å². The summed E-state index contributed by atoms with van der Waals surface area (Å²) >= 11 is 0. The molecule has 0 N–H and O–H groups in total. The average Bonchev–Trinajstić information content (AvgIpc) is 3.34. The third-order valence-corrected chi connectivity index (χ3v) is 4.64. The van der Waals surface area contributed by atoms with Gasteiger partial charge in [-0.05, 0) is 31.9 Å². The van der Waals surface area contributed by atoms with Gasteiger partial charge in [0.05, 0.1) is 6.20 Å². The van der Waals surface area contributed by atoms with Crippen molar-refractivity contribution in [2.24, 2.45) is 0 Å². The van der Waals surface area contributed by atoms with Gasteiger partial charge in [-0.25, -0.2) is 0 Å². The summed E-state index contributed by atoms with van der Waals surface area (Å²) in [5, 5.41) is 3.94. The summed E-state index contributed by atoms with van der Waals surface area (Å²) in [4.78, 5) is 18.6. The molecular formula is C18H21N3O3. The zero-order valence-corrected chi connectivity index (χ0v) is 13.8. The van der Waals surface area contributed by atoms with Gasteiger partial charge in [0.2, 0.25) is 0 Å². The lowest BCUT2D eigenvalue weighted by Crippen LogP contribution is -2.41. The Balaban J connectivity index is 1.31. The number of ether oxygens (including phenoxy) is 1. The Labute approximate surface area is 140 Å². The number of carbonyl (C=O) groups is 1. The van der Waals surface area contributed by atoms with E-state index in [-0.39, 0.29) is 12.0 Å². The number of piperidine rings is 1. The molecule has 0 radical (unpaired) electrons. The van der Waals surface area contributed by atoms with Crippen molar-refractivity contribution in [2.75, 3.05) is 13.1 Å². The quantitative estimate of drug-likeness (QED) is 0.863. The van der Waals surface area contributed by atoms with Crippen LogP contribution in [0.2, 0.25) is 0 Å². The number of aromatic nitrogens is 2. The second-order valence-electron chi connectivity index (χ2n) is 6.63. The number of pyridine rings is 1. The number of amides is 1. The maximum atomic E-state index is 12.5. The molecular weight excluding hydrogens is 306 g/mol. The van der Waals surface area contributed by atoms with Gasteiger partial charge >= 0.3 is 0 Å². The number of rotatable bonds is 4. The predicted molar refractivity (Wildman–Crippen MR) is 87.0 cm³/mol. The number of hydrogen-bond donors (Lipinski definition) is 0. The van der Waals surface area contributed by atoms with E-state index in [1.165, 1.54) is 0 Å². The minimum absolute atomic E-state index is 0.0406. The lowest BCUT2D eigenvalue weighted by Gasteiger charge is -2.31. The maximum absolute atomic E-state index is 12.5. The van der Waals surface area contributed by atoms with E-state index in [1.54, 1.807) is 12.3 Å².